The quantitative estimate of drug-likeness (QED) is 0.533. The van der Waals surface area contributed by atoms with E-state index in [1.165, 1.54) is 9.80 Å². The van der Waals surface area contributed by atoms with Crippen molar-refractivity contribution < 1.29 is 23.9 Å². The summed E-state index contributed by atoms with van der Waals surface area (Å²) in [6, 6.07) is 8.65. The van der Waals surface area contributed by atoms with Gasteiger partial charge in [0.2, 0.25) is 0 Å². The summed E-state index contributed by atoms with van der Waals surface area (Å²) in [6.07, 6.45) is 0.296. The lowest BCUT2D eigenvalue weighted by Gasteiger charge is -2.45. The molecule has 9 nitrogen and oxygen atoms in total. The molecular weight excluding hydrogens is 424 g/mol. The van der Waals surface area contributed by atoms with E-state index in [9.17, 15) is 14.4 Å². The first kappa shape index (κ1) is 23.8. The number of rotatable bonds is 8. The molecule has 4 amide bonds. The van der Waals surface area contributed by atoms with Crippen LogP contribution >= 0.6 is 0 Å². The fourth-order valence-electron chi connectivity index (χ4n) is 4.87. The Balaban J connectivity index is 1.60. The van der Waals surface area contributed by atoms with E-state index in [-0.39, 0.29) is 13.1 Å². The van der Waals surface area contributed by atoms with Crippen LogP contribution in [0.2, 0.25) is 0 Å². The molecule has 0 saturated carbocycles. The molecule has 4 rings (SSSR count). The second-order valence-corrected chi connectivity index (χ2v) is 8.73. The van der Waals surface area contributed by atoms with Crippen LogP contribution in [0.5, 0.6) is 0 Å². The van der Waals surface area contributed by atoms with Crippen LogP contribution in [0.1, 0.15) is 18.9 Å². The Hall–Kier alpha value is -2.33. The molecule has 3 aliphatic rings. The summed E-state index contributed by atoms with van der Waals surface area (Å²) in [5.74, 6) is -0.829. The molecule has 0 aromatic heterocycles. The fraction of sp³-hybridized carbons (Fsp3) is 0.625. The number of carbonyl (C=O) groups excluding carboxylic acids is 3. The van der Waals surface area contributed by atoms with Gasteiger partial charge in [0.05, 0.1) is 26.4 Å². The molecule has 0 unspecified atom stereocenters. The maximum atomic E-state index is 13.8. The molecule has 0 bridgehead atoms. The van der Waals surface area contributed by atoms with E-state index in [2.05, 4.69) is 9.80 Å². The average molecular weight is 459 g/mol. The summed E-state index contributed by atoms with van der Waals surface area (Å²) in [5, 5.41) is 0. The predicted octanol–water partition coefficient (Wildman–Crippen LogP) is 0.790. The van der Waals surface area contributed by atoms with Gasteiger partial charge in [-0.1, -0.05) is 37.3 Å². The van der Waals surface area contributed by atoms with Gasteiger partial charge in [-0.15, -0.1) is 0 Å². The third kappa shape index (κ3) is 4.82. The van der Waals surface area contributed by atoms with E-state index in [1.54, 1.807) is 0 Å². The lowest BCUT2D eigenvalue weighted by Crippen LogP contribution is -2.68. The molecule has 0 N–H and O–H groups in total. The lowest BCUT2D eigenvalue weighted by molar-refractivity contribution is -0.153. The number of carbonyl (C=O) groups is 3. The van der Waals surface area contributed by atoms with Crippen molar-refractivity contribution in [3.63, 3.8) is 0 Å². The highest BCUT2D eigenvalue weighted by Crippen LogP contribution is 2.36. The van der Waals surface area contributed by atoms with Gasteiger partial charge in [0, 0.05) is 52.4 Å². The van der Waals surface area contributed by atoms with Crippen LogP contribution in [0, 0.1) is 0 Å². The monoisotopic (exact) mass is 458 g/mol. The Kier molecular flexibility index (Phi) is 7.75. The number of benzene rings is 1. The Morgan fingerprint density at radius 2 is 1.18 bits per heavy atom. The Morgan fingerprint density at radius 1 is 0.727 bits per heavy atom. The topological polar surface area (TPSA) is 82.6 Å². The van der Waals surface area contributed by atoms with E-state index in [0.29, 0.717) is 51.5 Å². The first-order valence-corrected chi connectivity index (χ1v) is 11.9. The first-order chi connectivity index (χ1) is 16.1. The van der Waals surface area contributed by atoms with Gasteiger partial charge < -0.3 is 9.47 Å². The smallest absolute Gasteiger partial charge is 0.333 e. The number of nitrogens with zero attached hydrogens (tertiary/aromatic N) is 4. The van der Waals surface area contributed by atoms with Crippen LogP contribution in [-0.2, 0) is 24.5 Å². The molecule has 0 aliphatic carbocycles. The van der Waals surface area contributed by atoms with Crippen molar-refractivity contribution in [1.82, 2.24) is 19.6 Å². The zero-order chi connectivity index (χ0) is 23.3. The standard InChI is InChI=1S/C24H34N4O5/c1-2-24(20-6-4-3-5-7-20)21(29)27(10-8-25-12-16-32-17-13-25)23(31)28(22(24)30)11-9-26-14-18-33-19-15-26/h3-7H,2,8-19H2,1H3. The number of hydrogen-bond acceptors (Lipinski definition) is 7. The molecule has 0 spiro atoms. The highest BCUT2D eigenvalue weighted by molar-refractivity contribution is 6.22. The average Bonchev–Trinajstić information content (AvgIpc) is 2.86. The molecule has 0 radical (unpaired) electrons. The Bertz CT molecular complexity index is 793. The molecule has 3 heterocycles. The van der Waals surface area contributed by atoms with Gasteiger partial charge in [-0.2, -0.15) is 0 Å². The molecular formula is C24H34N4O5. The van der Waals surface area contributed by atoms with E-state index < -0.39 is 23.3 Å². The number of ether oxygens (including phenoxy) is 2. The number of amides is 4. The second-order valence-electron chi connectivity index (χ2n) is 8.73. The largest absolute Gasteiger partial charge is 0.379 e. The van der Waals surface area contributed by atoms with Gasteiger partial charge >= 0.3 is 6.03 Å². The predicted molar refractivity (Wildman–Crippen MR) is 122 cm³/mol. The molecule has 3 saturated heterocycles. The van der Waals surface area contributed by atoms with Crippen LogP contribution in [0.25, 0.3) is 0 Å². The summed E-state index contributed by atoms with van der Waals surface area (Å²) >= 11 is 0. The second kappa shape index (κ2) is 10.7. The van der Waals surface area contributed by atoms with Gasteiger partial charge in [-0.05, 0) is 12.0 Å². The zero-order valence-corrected chi connectivity index (χ0v) is 19.4. The third-order valence-electron chi connectivity index (χ3n) is 6.97. The van der Waals surface area contributed by atoms with Crippen LogP contribution in [0.15, 0.2) is 30.3 Å². The van der Waals surface area contributed by atoms with Crippen molar-refractivity contribution in [2.24, 2.45) is 0 Å². The molecule has 3 fully saturated rings. The minimum atomic E-state index is -1.38. The van der Waals surface area contributed by atoms with Crippen molar-refractivity contribution in [3.05, 3.63) is 35.9 Å². The van der Waals surface area contributed by atoms with Crippen LogP contribution in [0.4, 0.5) is 4.79 Å². The van der Waals surface area contributed by atoms with Gasteiger partial charge in [-0.3, -0.25) is 29.2 Å². The number of imide groups is 2. The first-order valence-electron chi connectivity index (χ1n) is 11.9. The van der Waals surface area contributed by atoms with Crippen molar-refractivity contribution in [2.45, 2.75) is 18.8 Å². The summed E-state index contributed by atoms with van der Waals surface area (Å²) in [6.45, 7) is 9.18. The van der Waals surface area contributed by atoms with Crippen LogP contribution in [0.3, 0.4) is 0 Å². The van der Waals surface area contributed by atoms with Crippen LogP contribution < -0.4 is 0 Å². The SMILES string of the molecule is CCC1(c2ccccc2)C(=O)N(CCN2CCOCC2)C(=O)N(CCN2CCOCC2)C1=O. The lowest BCUT2D eigenvalue weighted by atomic mass is 9.74. The van der Waals surface area contributed by atoms with Gasteiger partial charge in [0.25, 0.3) is 11.8 Å². The third-order valence-corrected chi connectivity index (χ3v) is 6.97. The summed E-state index contributed by atoms with van der Waals surface area (Å²) in [7, 11) is 0. The Morgan fingerprint density at radius 3 is 1.61 bits per heavy atom. The van der Waals surface area contributed by atoms with Crippen molar-refractivity contribution in [3.8, 4) is 0 Å². The molecule has 33 heavy (non-hydrogen) atoms. The highest BCUT2D eigenvalue weighted by atomic mass is 16.5. The maximum Gasteiger partial charge on any atom is 0.333 e. The minimum absolute atomic E-state index is 0.258. The van der Waals surface area contributed by atoms with Crippen molar-refractivity contribution >= 4 is 17.8 Å². The van der Waals surface area contributed by atoms with E-state index in [0.717, 1.165) is 26.2 Å². The number of morpholine rings is 2. The normalized spacial score (nSPS) is 22.8. The minimum Gasteiger partial charge on any atom is -0.379 e. The van der Waals surface area contributed by atoms with Crippen molar-refractivity contribution in [2.75, 3.05) is 78.8 Å². The number of urea groups is 1. The fourth-order valence-corrected chi connectivity index (χ4v) is 4.87. The highest BCUT2D eigenvalue weighted by Gasteiger charge is 2.57. The Labute approximate surface area is 195 Å². The van der Waals surface area contributed by atoms with Crippen molar-refractivity contribution in [1.29, 1.82) is 0 Å². The molecule has 180 valence electrons. The van der Waals surface area contributed by atoms with Gasteiger partial charge in [0.15, 0.2) is 5.41 Å². The van der Waals surface area contributed by atoms with E-state index in [4.69, 9.17) is 9.47 Å². The molecule has 9 heteroatoms. The summed E-state index contributed by atoms with van der Waals surface area (Å²) in [5.41, 5.74) is -0.742. The van der Waals surface area contributed by atoms with E-state index >= 15 is 0 Å². The molecule has 0 atom stereocenters. The van der Waals surface area contributed by atoms with Crippen LogP contribution in [-0.4, -0.2) is 116 Å². The van der Waals surface area contributed by atoms with Gasteiger partial charge in [0.1, 0.15) is 0 Å². The summed E-state index contributed by atoms with van der Waals surface area (Å²) in [4.78, 5) is 48.0. The number of barbiturate groups is 1. The summed E-state index contributed by atoms with van der Waals surface area (Å²) < 4.78 is 10.8. The molecule has 1 aromatic carbocycles. The molecule has 1 aromatic rings. The zero-order valence-electron chi connectivity index (χ0n) is 19.4. The van der Waals surface area contributed by atoms with Gasteiger partial charge in [-0.25, -0.2) is 4.79 Å². The molecule has 3 aliphatic heterocycles. The van der Waals surface area contributed by atoms with E-state index in [1.807, 2.05) is 37.3 Å². The maximum absolute atomic E-state index is 13.8. The number of hydrogen-bond donors (Lipinski definition) is 0.